The zero-order valence-corrected chi connectivity index (χ0v) is 13.6. The average Bonchev–Trinajstić information content (AvgIpc) is 2.78. The molecule has 0 aromatic rings. The number of hydrogen-bond acceptors (Lipinski definition) is 4. The first-order valence-corrected chi connectivity index (χ1v) is 8.85. The second kappa shape index (κ2) is 4.85. The van der Waals surface area contributed by atoms with Crippen molar-refractivity contribution in [2.45, 2.75) is 58.0 Å². The third-order valence-corrected chi connectivity index (χ3v) is 7.51. The summed E-state index contributed by atoms with van der Waals surface area (Å²) in [6.45, 7) is 2.01. The van der Waals surface area contributed by atoms with E-state index in [4.69, 9.17) is 0 Å². The van der Waals surface area contributed by atoms with E-state index in [1.165, 1.54) is 0 Å². The van der Waals surface area contributed by atoms with Crippen molar-refractivity contribution in [3.63, 3.8) is 0 Å². The fourth-order valence-electron chi connectivity index (χ4n) is 6.28. The van der Waals surface area contributed by atoms with Gasteiger partial charge in [0, 0.05) is 11.8 Å². The molecule has 0 saturated heterocycles. The first-order valence-electron chi connectivity index (χ1n) is 8.85. The Balaban J connectivity index is 1.74. The van der Waals surface area contributed by atoms with Gasteiger partial charge in [0.15, 0.2) is 11.6 Å². The molecule has 4 rings (SSSR count). The third-order valence-electron chi connectivity index (χ3n) is 7.51. The SMILES string of the molecule is C[C@]12CC[C@H]3[C@@H](CCC4=CC(=O)CC[C@@]43C=O)[C@@H]1CC(O)C2=O. The Bertz CT molecular complexity index is 621. The standard InChI is InChI=1S/C19H24O4/c1-18-6-5-14-13(15(18)9-16(22)17(18)23)3-2-11-8-12(21)4-7-19(11,14)10-20/h8,10,13-16,22H,2-7,9H2,1H3/t13-,14+,15+,16?,18+,19-/m1/s1. The summed E-state index contributed by atoms with van der Waals surface area (Å²) < 4.78 is 0. The Kier molecular flexibility index (Phi) is 3.22. The van der Waals surface area contributed by atoms with Crippen molar-refractivity contribution >= 4 is 17.9 Å². The van der Waals surface area contributed by atoms with Crippen LogP contribution in [0.1, 0.15) is 51.9 Å². The molecule has 0 heterocycles. The van der Waals surface area contributed by atoms with Crippen molar-refractivity contribution in [3.8, 4) is 0 Å². The minimum atomic E-state index is -0.833. The molecule has 0 bridgehead atoms. The van der Waals surface area contributed by atoms with E-state index in [9.17, 15) is 19.5 Å². The van der Waals surface area contributed by atoms with Crippen LogP contribution >= 0.6 is 0 Å². The summed E-state index contributed by atoms with van der Waals surface area (Å²) in [5.74, 6) is 0.860. The number of rotatable bonds is 1. The van der Waals surface area contributed by atoms with Gasteiger partial charge in [0.2, 0.25) is 0 Å². The number of ketones is 2. The second-order valence-corrected chi connectivity index (χ2v) is 8.28. The third kappa shape index (κ3) is 1.84. The molecule has 0 aromatic carbocycles. The molecule has 1 N–H and O–H groups in total. The number of allylic oxidation sites excluding steroid dienone is 1. The summed E-state index contributed by atoms with van der Waals surface area (Å²) in [6.07, 6.45) is 6.92. The van der Waals surface area contributed by atoms with Gasteiger partial charge in [0.25, 0.3) is 0 Å². The number of aldehydes is 1. The molecule has 1 unspecified atom stereocenters. The lowest BCUT2D eigenvalue weighted by Gasteiger charge is -2.55. The molecule has 3 saturated carbocycles. The zero-order valence-electron chi connectivity index (χ0n) is 13.6. The van der Waals surface area contributed by atoms with Crippen LogP contribution in [-0.2, 0) is 14.4 Å². The number of aliphatic hydroxyl groups is 1. The number of hydrogen-bond donors (Lipinski definition) is 1. The molecule has 0 radical (unpaired) electrons. The number of Topliss-reactive ketones (excluding diaryl/α,β-unsaturated/α-hetero) is 1. The largest absolute Gasteiger partial charge is 0.385 e. The topological polar surface area (TPSA) is 71.4 Å². The number of carbonyl (C=O) groups excluding carboxylic acids is 3. The van der Waals surface area contributed by atoms with E-state index in [-0.39, 0.29) is 23.4 Å². The summed E-state index contributed by atoms with van der Waals surface area (Å²) in [5.41, 5.74) is 0.115. The quantitative estimate of drug-likeness (QED) is 0.753. The highest BCUT2D eigenvalue weighted by Crippen LogP contribution is 2.63. The van der Waals surface area contributed by atoms with E-state index < -0.39 is 16.9 Å². The Morgan fingerprint density at radius 2 is 1.96 bits per heavy atom. The summed E-state index contributed by atoms with van der Waals surface area (Å²) in [7, 11) is 0. The van der Waals surface area contributed by atoms with Crippen LogP contribution in [-0.4, -0.2) is 29.1 Å². The van der Waals surface area contributed by atoms with Crippen LogP contribution in [0.2, 0.25) is 0 Å². The van der Waals surface area contributed by atoms with Crippen molar-refractivity contribution < 1.29 is 19.5 Å². The lowest BCUT2D eigenvalue weighted by molar-refractivity contribution is -0.138. The molecule has 23 heavy (non-hydrogen) atoms. The van der Waals surface area contributed by atoms with Gasteiger partial charge in [0.05, 0.1) is 5.41 Å². The van der Waals surface area contributed by atoms with Gasteiger partial charge in [-0.15, -0.1) is 0 Å². The monoisotopic (exact) mass is 316 g/mol. The van der Waals surface area contributed by atoms with E-state index in [2.05, 4.69) is 0 Å². The van der Waals surface area contributed by atoms with Gasteiger partial charge >= 0.3 is 0 Å². The van der Waals surface area contributed by atoms with Crippen molar-refractivity contribution in [2.75, 3.05) is 0 Å². The molecule has 0 amide bonds. The fraction of sp³-hybridized carbons (Fsp3) is 0.737. The molecule has 6 atom stereocenters. The number of carbonyl (C=O) groups is 3. The molecule has 0 spiro atoms. The van der Waals surface area contributed by atoms with Gasteiger partial charge in [-0.1, -0.05) is 12.5 Å². The Hall–Kier alpha value is -1.29. The van der Waals surface area contributed by atoms with Crippen LogP contribution < -0.4 is 0 Å². The number of fused-ring (bicyclic) bond motifs is 5. The molecule has 4 nitrogen and oxygen atoms in total. The smallest absolute Gasteiger partial charge is 0.167 e. The molecule has 4 aliphatic rings. The van der Waals surface area contributed by atoms with Gasteiger partial charge in [-0.05, 0) is 62.4 Å². The van der Waals surface area contributed by atoms with E-state index in [1.54, 1.807) is 6.08 Å². The van der Waals surface area contributed by atoms with Crippen molar-refractivity contribution in [1.82, 2.24) is 0 Å². The van der Waals surface area contributed by atoms with Crippen LogP contribution in [0.15, 0.2) is 11.6 Å². The average molecular weight is 316 g/mol. The maximum atomic E-state index is 12.4. The Morgan fingerprint density at radius 3 is 2.70 bits per heavy atom. The zero-order chi connectivity index (χ0) is 16.4. The Labute approximate surface area is 136 Å². The van der Waals surface area contributed by atoms with E-state index in [0.29, 0.717) is 25.2 Å². The van der Waals surface area contributed by atoms with Gasteiger partial charge in [-0.3, -0.25) is 9.59 Å². The summed E-state index contributed by atoms with van der Waals surface area (Å²) in [6, 6.07) is 0. The highest BCUT2D eigenvalue weighted by Gasteiger charge is 2.62. The predicted molar refractivity (Wildman–Crippen MR) is 83.5 cm³/mol. The normalized spacial score (nSPS) is 49.0. The van der Waals surface area contributed by atoms with E-state index >= 15 is 0 Å². The van der Waals surface area contributed by atoms with E-state index in [1.807, 2.05) is 6.92 Å². The van der Waals surface area contributed by atoms with Gasteiger partial charge < -0.3 is 9.90 Å². The first-order chi connectivity index (χ1) is 10.9. The van der Waals surface area contributed by atoms with Crippen LogP contribution in [0.5, 0.6) is 0 Å². The van der Waals surface area contributed by atoms with Crippen molar-refractivity contribution in [2.24, 2.45) is 28.6 Å². The summed E-state index contributed by atoms with van der Waals surface area (Å²) in [4.78, 5) is 36.3. The molecule has 0 aliphatic heterocycles. The van der Waals surface area contributed by atoms with Crippen LogP contribution in [0.3, 0.4) is 0 Å². The molecule has 4 aliphatic carbocycles. The molecule has 124 valence electrons. The van der Waals surface area contributed by atoms with Crippen LogP contribution in [0.25, 0.3) is 0 Å². The molecule has 4 heteroatoms. The maximum absolute atomic E-state index is 12.4. The Morgan fingerprint density at radius 1 is 1.17 bits per heavy atom. The summed E-state index contributed by atoms with van der Waals surface area (Å²) in [5, 5.41) is 10.1. The lowest BCUT2D eigenvalue weighted by atomic mass is 9.47. The van der Waals surface area contributed by atoms with Crippen molar-refractivity contribution in [1.29, 1.82) is 0 Å². The van der Waals surface area contributed by atoms with Gasteiger partial charge in [0.1, 0.15) is 12.4 Å². The van der Waals surface area contributed by atoms with Gasteiger partial charge in [-0.2, -0.15) is 0 Å². The maximum Gasteiger partial charge on any atom is 0.167 e. The molecular weight excluding hydrogens is 292 g/mol. The molecular formula is C19H24O4. The molecule has 3 fully saturated rings. The van der Waals surface area contributed by atoms with Crippen LogP contribution in [0.4, 0.5) is 0 Å². The highest BCUT2D eigenvalue weighted by molar-refractivity contribution is 5.94. The highest BCUT2D eigenvalue weighted by atomic mass is 16.3. The fourth-order valence-corrected chi connectivity index (χ4v) is 6.28. The lowest BCUT2D eigenvalue weighted by Crippen LogP contribution is -2.52. The molecule has 0 aromatic heterocycles. The number of aliphatic hydroxyl groups excluding tert-OH is 1. The van der Waals surface area contributed by atoms with E-state index in [0.717, 1.165) is 37.5 Å². The van der Waals surface area contributed by atoms with Crippen molar-refractivity contribution in [3.05, 3.63) is 11.6 Å². The second-order valence-electron chi connectivity index (χ2n) is 8.28. The van der Waals surface area contributed by atoms with Gasteiger partial charge in [-0.25, -0.2) is 0 Å². The van der Waals surface area contributed by atoms with Crippen LogP contribution in [0, 0.1) is 28.6 Å². The first kappa shape index (κ1) is 15.3. The minimum Gasteiger partial charge on any atom is -0.385 e. The summed E-state index contributed by atoms with van der Waals surface area (Å²) >= 11 is 0. The minimum absolute atomic E-state index is 0.00117. The predicted octanol–water partition coefficient (Wildman–Crippen LogP) is 2.24.